The zero-order chi connectivity index (χ0) is 17.7. The maximum Gasteiger partial charge on any atom is 0.328 e. The van der Waals surface area contributed by atoms with E-state index < -0.39 is 11.5 Å². The van der Waals surface area contributed by atoms with E-state index in [2.05, 4.69) is 18.3 Å². The molecular formula is C19H29NO4. The summed E-state index contributed by atoms with van der Waals surface area (Å²) in [4.78, 5) is 12.0. The first-order valence-corrected chi connectivity index (χ1v) is 8.70. The Kier molecular flexibility index (Phi) is 6.24. The Bertz CT molecular complexity index is 564. The molecule has 2 rings (SSSR count). The van der Waals surface area contributed by atoms with E-state index in [1.165, 1.54) is 0 Å². The van der Waals surface area contributed by atoms with Gasteiger partial charge in [-0.25, -0.2) is 4.79 Å². The fourth-order valence-electron chi connectivity index (χ4n) is 3.55. The van der Waals surface area contributed by atoms with Crippen LogP contribution in [0.15, 0.2) is 35.1 Å². The lowest BCUT2D eigenvalue weighted by molar-refractivity contribution is -0.183. The summed E-state index contributed by atoms with van der Waals surface area (Å²) in [6, 6.07) is 0. The summed E-state index contributed by atoms with van der Waals surface area (Å²) in [6.45, 7) is 6.70. The molecule has 2 fully saturated rings. The molecule has 0 aromatic heterocycles. The van der Waals surface area contributed by atoms with Gasteiger partial charge < -0.3 is 14.6 Å². The first kappa shape index (κ1) is 18.7. The highest BCUT2D eigenvalue weighted by molar-refractivity contribution is 5.85. The van der Waals surface area contributed by atoms with Gasteiger partial charge in [-0.3, -0.25) is 5.32 Å². The molecule has 2 N–H and O–H groups in total. The average Bonchev–Trinajstić information content (AvgIpc) is 2.54. The Balaban J connectivity index is 2.23. The van der Waals surface area contributed by atoms with Crippen molar-refractivity contribution >= 4 is 5.97 Å². The second kappa shape index (κ2) is 7.99. The molecule has 2 aliphatic rings. The third kappa shape index (κ3) is 3.42. The van der Waals surface area contributed by atoms with Crippen LogP contribution >= 0.6 is 0 Å². The first-order valence-electron chi connectivity index (χ1n) is 8.70. The minimum Gasteiger partial charge on any atom is -0.497 e. The minimum absolute atomic E-state index is 0.0175. The lowest BCUT2D eigenvalue weighted by atomic mass is 9.67. The minimum atomic E-state index is -1.03. The second-order valence-corrected chi connectivity index (χ2v) is 6.56. The molecule has 0 bridgehead atoms. The van der Waals surface area contributed by atoms with Crippen molar-refractivity contribution < 1.29 is 19.4 Å². The Hall–Kier alpha value is -1.59. The third-order valence-electron chi connectivity index (χ3n) is 5.04. The summed E-state index contributed by atoms with van der Waals surface area (Å²) in [5, 5.41) is 12.9. The van der Waals surface area contributed by atoms with Gasteiger partial charge in [0, 0.05) is 12.5 Å². The number of ether oxygens (including phenoxy) is 2. The maximum atomic E-state index is 12.0. The van der Waals surface area contributed by atoms with Gasteiger partial charge in [0.25, 0.3) is 0 Å². The third-order valence-corrected chi connectivity index (χ3v) is 5.04. The molecule has 24 heavy (non-hydrogen) atoms. The number of carboxylic acids is 1. The highest BCUT2D eigenvalue weighted by atomic mass is 16.5. The van der Waals surface area contributed by atoms with E-state index in [0.29, 0.717) is 6.61 Å². The van der Waals surface area contributed by atoms with Crippen LogP contribution in [0, 0.1) is 5.92 Å². The van der Waals surface area contributed by atoms with E-state index in [1.54, 1.807) is 7.11 Å². The second-order valence-electron chi connectivity index (χ2n) is 6.56. The fraction of sp³-hybridized carbons (Fsp3) is 0.632. The Morgan fingerprint density at radius 1 is 1.42 bits per heavy atom. The van der Waals surface area contributed by atoms with Crippen molar-refractivity contribution in [1.29, 1.82) is 0 Å². The van der Waals surface area contributed by atoms with Crippen LogP contribution in [0.5, 0.6) is 0 Å². The van der Waals surface area contributed by atoms with E-state index in [-0.39, 0.29) is 12.1 Å². The number of nitrogens with one attached hydrogen (secondary N) is 1. The quantitative estimate of drug-likeness (QED) is 0.551. The van der Waals surface area contributed by atoms with Crippen LogP contribution < -0.4 is 5.32 Å². The number of carboxylic acid groups (broad SMARTS) is 1. The molecule has 0 radical (unpaired) electrons. The molecule has 5 heteroatoms. The number of hydrogen-bond donors (Lipinski definition) is 2. The normalized spacial score (nSPS) is 31.2. The van der Waals surface area contributed by atoms with Gasteiger partial charge >= 0.3 is 5.97 Å². The van der Waals surface area contributed by atoms with Crippen molar-refractivity contribution in [3.8, 4) is 0 Å². The van der Waals surface area contributed by atoms with Gasteiger partial charge in [-0.1, -0.05) is 25.5 Å². The lowest BCUT2D eigenvalue weighted by Gasteiger charge is -2.55. The summed E-state index contributed by atoms with van der Waals surface area (Å²) >= 11 is 0. The van der Waals surface area contributed by atoms with Gasteiger partial charge in [-0.15, -0.1) is 0 Å². The molecule has 134 valence electrons. The topological polar surface area (TPSA) is 67.8 Å². The van der Waals surface area contributed by atoms with Crippen molar-refractivity contribution in [2.75, 3.05) is 13.7 Å². The number of allylic oxidation sites excluding steroid dienone is 4. The SMILES string of the molecule is CCCC=C(C)C(=CC=C(C)[C@@]1(C(=O)O)NC2OCCCC21)OC. The van der Waals surface area contributed by atoms with E-state index in [4.69, 9.17) is 9.47 Å². The monoisotopic (exact) mass is 335 g/mol. The van der Waals surface area contributed by atoms with Gasteiger partial charge in [0.15, 0.2) is 0 Å². The molecule has 2 heterocycles. The van der Waals surface area contributed by atoms with E-state index >= 15 is 0 Å². The summed E-state index contributed by atoms with van der Waals surface area (Å²) in [5.41, 5.74) is 0.814. The molecule has 0 saturated carbocycles. The van der Waals surface area contributed by atoms with Gasteiger partial charge in [-0.2, -0.15) is 0 Å². The molecule has 2 unspecified atom stereocenters. The number of rotatable bonds is 7. The van der Waals surface area contributed by atoms with E-state index in [0.717, 1.165) is 42.6 Å². The zero-order valence-electron chi connectivity index (χ0n) is 15.1. The van der Waals surface area contributed by atoms with Crippen LogP contribution in [0.4, 0.5) is 0 Å². The number of methoxy groups -OCH3 is 1. The smallest absolute Gasteiger partial charge is 0.328 e. The Labute approximate surface area is 144 Å². The molecule has 5 nitrogen and oxygen atoms in total. The molecule has 2 aliphatic heterocycles. The van der Waals surface area contributed by atoms with Gasteiger partial charge in [0.1, 0.15) is 17.5 Å². The number of aliphatic carboxylic acids is 1. The number of fused-ring (bicyclic) bond motifs is 1. The van der Waals surface area contributed by atoms with Crippen molar-refractivity contribution in [1.82, 2.24) is 5.32 Å². The molecule has 2 saturated heterocycles. The summed E-state index contributed by atoms with van der Waals surface area (Å²) in [5.74, 6) is -0.0937. The van der Waals surface area contributed by atoms with Crippen molar-refractivity contribution in [2.45, 2.75) is 58.2 Å². The highest BCUT2D eigenvalue weighted by Crippen LogP contribution is 2.43. The summed E-state index contributed by atoms with van der Waals surface area (Å²) < 4.78 is 11.1. The Morgan fingerprint density at radius 3 is 2.75 bits per heavy atom. The van der Waals surface area contributed by atoms with Crippen LogP contribution in [0.3, 0.4) is 0 Å². The molecule has 0 aliphatic carbocycles. The maximum absolute atomic E-state index is 12.0. The standard InChI is InChI=1S/C19H29NO4/c1-5-6-8-13(2)16(23-4)11-10-14(3)19(18(21)22)15-9-7-12-24-17(15)20-19/h8,10-11,15,17,20H,5-7,9,12H2,1-4H3,(H,21,22)/t15?,17?,19-/m1/s1. The predicted octanol–water partition coefficient (Wildman–Crippen LogP) is 3.39. The van der Waals surface area contributed by atoms with Crippen molar-refractivity contribution in [2.24, 2.45) is 5.92 Å². The van der Waals surface area contributed by atoms with Gasteiger partial charge in [0.2, 0.25) is 0 Å². The predicted molar refractivity (Wildman–Crippen MR) is 93.5 cm³/mol. The molecule has 0 amide bonds. The highest BCUT2D eigenvalue weighted by Gasteiger charge is 2.61. The van der Waals surface area contributed by atoms with Crippen LogP contribution in [-0.4, -0.2) is 36.6 Å². The van der Waals surface area contributed by atoms with E-state index in [9.17, 15) is 9.90 Å². The molecule has 0 aromatic rings. The van der Waals surface area contributed by atoms with Crippen LogP contribution in [0.1, 0.15) is 46.5 Å². The van der Waals surface area contributed by atoms with Crippen LogP contribution in [0.25, 0.3) is 0 Å². The number of unbranched alkanes of at least 4 members (excludes halogenated alkanes) is 1. The lowest BCUT2D eigenvalue weighted by Crippen LogP contribution is -2.77. The first-order chi connectivity index (χ1) is 11.5. The summed E-state index contributed by atoms with van der Waals surface area (Å²) in [7, 11) is 1.64. The van der Waals surface area contributed by atoms with Crippen molar-refractivity contribution in [3.63, 3.8) is 0 Å². The molecule has 0 aromatic carbocycles. The van der Waals surface area contributed by atoms with Crippen LogP contribution in [-0.2, 0) is 14.3 Å². The average molecular weight is 335 g/mol. The number of carbonyl (C=O) groups is 1. The molecule has 0 spiro atoms. The zero-order valence-corrected chi connectivity index (χ0v) is 15.1. The molecule has 3 atom stereocenters. The van der Waals surface area contributed by atoms with Crippen LogP contribution in [0.2, 0.25) is 0 Å². The van der Waals surface area contributed by atoms with Gasteiger partial charge in [-0.05, 0) is 50.3 Å². The fourth-order valence-corrected chi connectivity index (χ4v) is 3.55. The van der Waals surface area contributed by atoms with E-state index in [1.807, 2.05) is 26.0 Å². The van der Waals surface area contributed by atoms with Crippen molar-refractivity contribution in [3.05, 3.63) is 35.1 Å². The Morgan fingerprint density at radius 2 is 2.17 bits per heavy atom. The number of hydrogen-bond acceptors (Lipinski definition) is 4. The summed E-state index contributed by atoms with van der Waals surface area (Å²) in [6.07, 6.45) is 9.56. The molecular weight excluding hydrogens is 306 g/mol. The van der Waals surface area contributed by atoms with Gasteiger partial charge in [0.05, 0.1) is 7.11 Å². The largest absolute Gasteiger partial charge is 0.497 e.